The third-order valence-corrected chi connectivity index (χ3v) is 4.33. The summed E-state index contributed by atoms with van der Waals surface area (Å²) in [5.74, 6) is 0.714. The van der Waals surface area contributed by atoms with Gasteiger partial charge in [-0.2, -0.15) is 0 Å². The fraction of sp³-hybridized carbons (Fsp3) is 0.600. The van der Waals surface area contributed by atoms with Crippen LogP contribution in [0, 0.1) is 6.92 Å². The van der Waals surface area contributed by atoms with Gasteiger partial charge < -0.3 is 29.9 Å². The molecule has 0 spiro atoms. The van der Waals surface area contributed by atoms with Crippen LogP contribution in [0.15, 0.2) is 12.5 Å². The van der Waals surface area contributed by atoms with Crippen LogP contribution in [-0.4, -0.2) is 60.8 Å². The van der Waals surface area contributed by atoms with Crippen molar-refractivity contribution in [3.8, 4) is 0 Å². The highest BCUT2D eigenvalue weighted by Gasteiger charge is 2.53. The molecule has 1 saturated heterocycles. The molecule has 8 heteroatoms. The van der Waals surface area contributed by atoms with Crippen LogP contribution in [0.4, 0.5) is 5.82 Å². The molecule has 1 aliphatic heterocycles. The van der Waals surface area contributed by atoms with Crippen molar-refractivity contribution < 1.29 is 20.1 Å². The third kappa shape index (κ3) is 2.38. The van der Waals surface area contributed by atoms with Crippen LogP contribution in [0.3, 0.4) is 0 Å². The summed E-state index contributed by atoms with van der Waals surface area (Å²) in [6.07, 6.45) is 0.370. The average Bonchev–Trinajstić information content (AvgIpc) is 2.96. The van der Waals surface area contributed by atoms with E-state index < -0.39 is 24.0 Å². The first-order chi connectivity index (χ1) is 10.9. The molecule has 1 aliphatic rings. The Hall–Kier alpha value is -1.74. The molecule has 2 aromatic heterocycles. The van der Waals surface area contributed by atoms with Crippen molar-refractivity contribution >= 4 is 16.9 Å². The van der Waals surface area contributed by atoms with Gasteiger partial charge in [-0.3, -0.25) is 0 Å². The van der Waals surface area contributed by atoms with Crippen LogP contribution in [0.1, 0.15) is 25.6 Å². The number of aryl methyl sites for hydroxylation is 1. The van der Waals surface area contributed by atoms with E-state index in [2.05, 4.69) is 15.3 Å². The summed E-state index contributed by atoms with van der Waals surface area (Å²) in [5, 5.41) is 34.2. The van der Waals surface area contributed by atoms with Gasteiger partial charge in [-0.05, 0) is 26.3 Å². The summed E-state index contributed by atoms with van der Waals surface area (Å²) in [6.45, 7) is 5.74. The molecule has 1 unspecified atom stereocenters. The predicted octanol–water partition coefficient (Wildman–Crippen LogP) is 0.173. The molecule has 0 saturated carbocycles. The molecular weight excluding hydrogens is 300 g/mol. The Morgan fingerprint density at radius 3 is 2.78 bits per heavy atom. The van der Waals surface area contributed by atoms with Crippen molar-refractivity contribution in [2.24, 2.45) is 0 Å². The second-order valence-electron chi connectivity index (χ2n) is 6.05. The summed E-state index contributed by atoms with van der Waals surface area (Å²) in [7, 11) is 0. The lowest BCUT2D eigenvalue weighted by molar-refractivity contribution is -0.0948. The molecule has 23 heavy (non-hydrogen) atoms. The highest BCUT2D eigenvalue weighted by molar-refractivity contribution is 5.90. The van der Waals surface area contributed by atoms with E-state index >= 15 is 0 Å². The lowest BCUT2D eigenvalue weighted by Crippen LogP contribution is -2.44. The summed E-state index contributed by atoms with van der Waals surface area (Å²) in [5.41, 5.74) is -0.0165. The fourth-order valence-electron chi connectivity index (χ4n) is 3.14. The molecule has 0 aromatic carbocycles. The zero-order chi connectivity index (χ0) is 16.8. The monoisotopic (exact) mass is 322 g/mol. The number of nitrogens with one attached hydrogen (secondary N) is 1. The second kappa shape index (κ2) is 5.72. The quantitative estimate of drug-likeness (QED) is 0.635. The molecule has 0 radical (unpaired) electrons. The Balaban J connectivity index is 2.13. The maximum absolute atomic E-state index is 10.7. The fourth-order valence-corrected chi connectivity index (χ4v) is 3.14. The molecule has 0 bridgehead atoms. The largest absolute Gasteiger partial charge is 0.394 e. The van der Waals surface area contributed by atoms with Crippen molar-refractivity contribution in [1.82, 2.24) is 14.5 Å². The van der Waals surface area contributed by atoms with Gasteiger partial charge in [0, 0.05) is 12.7 Å². The van der Waals surface area contributed by atoms with Gasteiger partial charge >= 0.3 is 0 Å². The van der Waals surface area contributed by atoms with Crippen molar-refractivity contribution in [2.75, 3.05) is 18.5 Å². The number of aromatic nitrogens is 3. The lowest BCUT2D eigenvalue weighted by atomic mass is 9.96. The lowest BCUT2D eigenvalue weighted by Gasteiger charge is -2.27. The minimum atomic E-state index is -1.55. The van der Waals surface area contributed by atoms with Gasteiger partial charge in [-0.15, -0.1) is 0 Å². The molecule has 8 nitrogen and oxygen atoms in total. The number of ether oxygens (including phenoxy) is 1. The van der Waals surface area contributed by atoms with Crippen LogP contribution in [0.5, 0.6) is 0 Å². The van der Waals surface area contributed by atoms with Gasteiger partial charge in [-0.25, -0.2) is 9.97 Å². The van der Waals surface area contributed by atoms with Crippen molar-refractivity contribution in [3.63, 3.8) is 0 Å². The van der Waals surface area contributed by atoms with Crippen LogP contribution in [0.2, 0.25) is 0 Å². The molecule has 0 aliphatic carbocycles. The van der Waals surface area contributed by atoms with Crippen LogP contribution in [-0.2, 0) is 4.74 Å². The van der Waals surface area contributed by atoms with Crippen LogP contribution in [0.25, 0.3) is 11.0 Å². The number of hydrogen-bond donors (Lipinski definition) is 4. The first kappa shape index (κ1) is 16.1. The van der Waals surface area contributed by atoms with Gasteiger partial charge in [0.15, 0.2) is 6.23 Å². The van der Waals surface area contributed by atoms with Crippen molar-refractivity contribution in [3.05, 3.63) is 18.1 Å². The molecule has 4 atom stereocenters. The third-order valence-electron chi connectivity index (χ3n) is 4.33. The molecule has 3 heterocycles. The van der Waals surface area contributed by atoms with E-state index in [-0.39, 0.29) is 6.61 Å². The zero-order valence-corrected chi connectivity index (χ0v) is 13.4. The summed E-state index contributed by atoms with van der Waals surface area (Å²) in [4.78, 5) is 8.56. The first-order valence-corrected chi connectivity index (χ1v) is 7.64. The van der Waals surface area contributed by atoms with E-state index in [0.717, 1.165) is 17.5 Å². The minimum absolute atomic E-state index is 0.371. The highest BCUT2D eigenvalue weighted by atomic mass is 16.6. The molecular formula is C15H22N4O4. The van der Waals surface area contributed by atoms with E-state index in [0.29, 0.717) is 11.5 Å². The van der Waals surface area contributed by atoms with Gasteiger partial charge in [0.2, 0.25) is 0 Å². The maximum Gasteiger partial charge on any atom is 0.167 e. The number of nitrogens with zero attached hydrogens (tertiary/aromatic N) is 3. The number of rotatable bonds is 4. The van der Waals surface area contributed by atoms with E-state index in [4.69, 9.17) is 4.74 Å². The number of anilines is 1. The molecule has 0 amide bonds. The number of hydrogen-bond acceptors (Lipinski definition) is 7. The number of fused-ring (bicyclic) bond motifs is 1. The number of aliphatic hydroxyl groups excluding tert-OH is 2. The topological polar surface area (TPSA) is 113 Å². The van der Waals surface area contributed by atoms with Crippen molar-refractivity contribution in [2.45, 2.75) is 44.8 Å². The Morgan fingerprint density at radius 2 is 2.17 bits per heavy atom. The Bertz CT molecular complexity index is 715. The van der Waals surface area contributed by atoms with Gasteiger partial charge in [0.05, 0.1) is 12.0 Å². The number of aliphatic hydroxyl groups is 3. The molecule has 1 fully saturated rings. The van der Waals surface area contributed by atoms with E-state index in [9.17, 15) is 15.3 Å². The van der Waals surface area contributed by atoms with Gasteiger partial charge in [-0.1, -0.05) is 0 Å². The molecule has 2 aromatic rings. The van der Waals surface area contributed by atoms with E-state index in [1.807, 2.05) is 20.0 Å². The highest BCUT2D eigenvalue weighted by Crippen LogP contribution is 2.40. The first-order valence-electron chi connectivity index (χ1n) is 7.64. The Morgan fingerprint density at radius 1 is 1.43 bits per heavy atom. The molecule has 4 N–H and O–H groups in total. The Kier molecular flexibility index (Phi) is 4.01. The smallest absolute Gasteiger partial charge is 0.167 e. The minimum Gasteiger partial charge on any atom is -0.394 e. The van der Waals surface area contributed by atoms with Crippen LogP contribution < -0.4 is 5.32 Å². The standard InChI is InChI=1S/C15H22N4O4/c1-4-16-12-10-8(2)5-19(13(10)18-7-17-12)14-15(3,22)11(21)9(6-20)23-14/h5,7,9,11,14,20-22H,4,6H2,1-3H3,(H,16,17,18)/t9-,11-,14?,15-/m1/s1. The molecule has 3 rings (SSSR count). The van der Waals surface area contributed by atoms with Gasteiger partial charge in [0.1, 0.15) is 35.6 Å². The summed E-state index contributed by atoms with van der Waals surface area (Å²) in [6, 6.07) is 0. The van der Waals surface area contributed by atoms with Gasteiger partial charge in [0.25, 0.3) is 0 Å². The summed E-state index contributed by atoms with van der Waals surface area (Å²) < 4.78 is 7.36. The normalized spacial score (nSPS) is 31.0. The second-order valence-corrected chi connectivity index (χ2v) is 6.05. The summed E-state index contributed by atoms with van der Waals surface area (Å²) >= 11 is 0. The zero-order valence-electron chi connectivity index (χ0n) is 13.4. The predicted molar refractivity (Wildman–Crippen MR) is 84.1 cm³/mol. The molecule has 126 valence electrons. The average molecular weight is 322 g/mol. The van der Waals surface area contributed by atoms with Crippen molar-refractivity contribution in [1.29, 1.82) is 0 Å². The Labute approximate surface area is 133 Å². The van der Waals surface area contributed by atoms with Crippen LogP contribution >= 0.6 is 0 Å². The van der Waals surface area contributed by atoms with E-state index in [1.54, 1.807) is 4.57 Å². The SMILES string of the molecule is CCNc1ncnc2c1c(C)cn2C1O[C@H](CO)[C@@H](O)[C@@]1(C)O. The van der Waals surface area contributed by atoms with E-state index in [1.165, 1.54) is 13.3 Å². The maximum atomic E-state index is 10.7.